The van der Waals surface area contributed by atoms with E-state index >= 15 is 0 Å². The van der Waals surface area contributed by atoms with E-state index < -0.39 is 74.8 Å². The molecule has 25 heteroatoms. The van der Waals surface area contributed by atoms with E-state index in [-0.39, 0.29) is 51.8 Å². The highest BCUT2D eigenvalue weighted by Crippen LogP contribution is 2.18. The van der Waals surface area contributed by atoms with Crippen LogP contribution in [0.5, 0.6) is 5.75 Å². The fraction of sp³-hybridized carbons (Fsp3) is 0.407. The second-order valence-corrected chi connectivity index (χ2v) is 14.2. The lowest BCUT2D eigenvalue weighted by atomic mass is 10.1. The maximum absolute atomic E-state index is 13.4. The fourth-order valence-electron chi connectivity index (χ4n) is 4.84. The van der Waals surface area contributed by atoms with Crippen molar-refractivity contribution in [2.24, 2.45) is 5.16 Å². The lowest BCUT2D eigenvalue weighted by molar-refractivity contribution is -0.161. The first kappa shape index (κ1) is 37.2. The van der Waals surface area contributed by atoms with E-state index in [4.69, 9.17) is 10.6 Å². The summed E-state index contributed by atoms with van der Waals surface area (Å²) in [6.07, 6.45) is 2.13. The number of β-lactam (4-membered cyclic amide) rings is 1. The van der Waals surface area contributed by atoms with Crippen molar-refractivity contribution in [2.75, 3.05) is 25.4 Å². The largest absolute Gasteiger partial charge is 0.503 e. The molecule has 0 spiro atoms. The molecule has 0 aliphatic carbocycles. The minimum absolute atomic E-state index is 0.0303. The van der Waals surface area contributed by atoms with Crippen LogP contribution in [0.25, 0.3) is 11.5 Å². The molecular weight excluding hydrogens is 734 g/mol. The summed E-state index contributed by atoms with van der Waals surface area (Å²) in [5.74, 6) is -4.64. The number of likely N-dealkylation sites (tertiary alicyclic amines) is 2. The van der Waals surface area contributed by atoms with Gasteiger partial charge in [0.1, 0.15) is 11.7 Å². The third-order valence-electron chi connectivity index (χ3n) is 7.73. The molecule has 2 aliphatic rings. The number of carbonyl (C=O) groups excluding carboxylic acids is 4. The number of amides is 5. The standard InChI is InChI=1S/C27H31N11O12S2/c1-27(2,23(44)45)50-33-19(15-12-51-24(28)31-15)21(42)30-14-11-37(22(14)43)25(46)34-52(48,49)38-26(47)36(8-4-7-35-6-3-5-18(35)41)20(32-38)13-9-16(39)17(40)10-29-13/h9-10,12,14,40H,3-8,11H2,1-2H3,(H2,28,31)(H,29,39)(H,30,42)(H,34,46)(H,44,45)/b33-19-/t14-/m0/s1. The van der Waals surface area contributed by atoms with E-state index in [1.54, 1.807) is 9.62 Å². The molecule has 7 N–H and O–H groups in total. The Morgan fingerprint density at radius 1 is 1.21 bits per heavy atom. The van der Waals surface area contributed by atoms with Crippen LogP contribution in [0.2, 0.25) is 0 Å². The highest BCUT2D eigenvalue weighted by atomic mass is 32.2. The Balaban J connectivity index is 1.30. The van der Waals surface area contributed by atoms with Crippen molar-refractivity contribution in [3.63, 3.8) is 0 Å². The minimum atomic E-state index is -5.15. The van der Waals surface area contributed by atoms with Gasteiger partial charge in [0.15, 0.2) is 22.4 Å². The quantitative estimate of drug-likeness (QED) is 0.0599. The number of hydrogen-bond donors (Lipinski definition) is 6. The number of aromatic amines is 1. The molecule has 278 valence electrons. The topological polar surface area (TPSA) is 324 Å². The second kappa shape index (κ2) is 14.3. The van der Waals surface area contributed by atoms with Gasteiger partial charge in [-0.15, -0.1) is 16.4 Å². The van der Waals surface area contributed by atoms with Gasteiger partial charge in [0, 0.05) is 43.7 Å². The van der Waals surface area contributed by atoms with Crippen molar-refractivity contribution in [3.05, 3.63) is 44.0 Å². The van der Waals surface area contributed by atoms with Crippen molar-refractivity contribution in [3.8, 4) is 17.3 Å². The summed E-state index contributed by atoms with van der Waals surface area (Å²) in [5, 5.41) is 30.0. The second-order valence-electron chi connectivity index (χ2n) is 11.8. The highest BCUT2D eigenvalue weighted by Gasteiger charge is 2.44. The highest BCUT2D eigenvalue weighted by molar-refractivity contribution is 7.88. The number of aliphatic carboxylic acids is 1. The van der Waals surface area contributed by atoms with Crippen LogP contribution in [0.3, 0.4) is 0 Å². The van der Waals surface area contributed by atoms with Crippen molar-refractivity contribution in [1.82, 2.24) is 43.6 Å². The average molecular weight is 766 g/mol. The van der Waals surface area contributed by atoms with Crippen LogP contribution in [0.15, 0.2) is 32.4 Å². The maximum Gasteiger partial charge on any atom is 0.362 e. The minimum Gasteiger partial charge on any atom is -0.503 e. The first-order valence-electron chi connectivity index (χ1n) is 15.2. The third kappa shape index (κ3) is 7.63. The van der Waals surface area contributed by atoms with Gasteiger partial charge in [-0.05, 0) is 26.7 Å². The Labute approximate surface area is 295 Å². The normalized spacial score (nSPS) is 16.5. The molecule has 0 aromatic carbocycles. The van der Waals surface area contributed by atoms with Gasteiger partial charge in [-0.1, -0.05) is 9.24 Å². The summed E-state index contributed by atoms with van der Waals surface area (Å²) in [4.78, 5) is 101. The number of H-pyrrole nitrogens is 1. The monoisotopic (exact) mass is 765 g/mol. The Bertz CT molecular complexity index is 2220. The van der Waals surface area contributed by atoms with Crippen molar-refractivity contribution >= 4 is 62.1 Å². The van der Waals surface area contributed by atoms with Gasteiger partial charge in [-0.3, -0.25) is 28.6 Å². The molecule has 2 fully saturated rings. The molecule has 52 heavy (non-hydrogen) atoms. The number of imide groups is 1. The number of carbonyl (C=O) groups is 5. The number of thiazole rings is 1. The van der Waals surface area contributed by atoms with Gasteiger partial charge < -0.3 is 36.0 Å². The number of rotatable bonds is 13. The summed E-state index contributed by atoms with van der Waals surface area (Å²) >= 11 is 0.927. The van der Waals surface area contributed by atoms with E-state index in [0.717, 1.165) is 42.0 Å². The lowest BCUT2D eigenvalue weighted by Crippen LogP contribution is -2.68. The van der Waals surface area contributed by atoms with Gasteiger partial charge in [0.05, 0.1) is 12.2 Å². The summed E-state index contributed by atoms with van der Waals surface area (Å²) < 4.78 is 28.9. The van der Waals surface area contributed by atoms with Gasteiger partial charge >= 0.3 is 27.9 Å². The maximum atomic E-state index is 13.4. The predicted octanol–water partition coefficient (Wildman–Crippen LogP) is -2.43. The number of aromatic nitrogens is 5. The number of carboxylic acid groups (broad SMARTS) is 1. The van der Waals surface area contributed by atoms with E-state index in [0.29, 0.717) is 24.3 Å². The summed E-state index contributed by atoms with van der Waals surface area (Å²) in [6.45, 7) is 2.36. The average Bonchev–Trinajstić information content (AvgIpc) is 3.78. The predicted molar refractivity (Wildman–Crippen MR) is 177 cm³/mol. The molecule has 2 aliphatic heterocycles. The van der Waals surface area contributed by atoms with Crippen LogP contribution in [-0.2, 0) is 40.8 Å². The molecule has 3 aromatic rings. The smallest absolute Gasteiger partial charge is 0.362 e. The Morgan fingerprint density at radius 2 is 1.94 bits per heavy atom. The molecule has 0 unspecified atom stereocenters. The van der Waals surface area contributed by atoms with Crippen LogP contribution in [0.1, 0.15) is 38.8 Å². The number of oxime groups is 1. The van der Waals surface area contributed by atoms with Crippen molar-refractivity contribution in [1.29, 1.82) is 0 Å². The van der Waals surface area contributed by atoms with Crippen LogP contribution in [0, 0.1) is 0 Å². The number of pyridine rings is 1. The number of nitrogen functional groups attached to an aromatic ring is 1. The molecular formula is C27H31N11O12S2. The molecule has 1 atom stereocenters. The number of nitrogens with one attached hydrogen (secondary N) is 3. The van der Waals surface area contributed by atoms with E-state index in [9.17, 15) is 52.2 Å². The van der Waals surface area contributed by atoms with Gasteiger partial charge in [0.25, 0.3) is 11.8 Å². The molecule has 0 bridgehead atoms. The summed E-state index contributed by atoms with van der Waals surface area (Å²) in [6, 6.07) is -2.01. The van der Waals surface area contributed by atoms with Crippen molar-refractivity contribution in [2.45, 2.75) is 51.3 Å². The molecule has 3 aromatic heterocycles. The van der Waals surface area contributed by atoms with Crippen LogP contribution < -0.4 is 26.9 Å². The molecule has 0 radical (unpaired) electrons. The van der Waals surface area contributed by atoms with Crippen LogP contribution in [0.4, 0.5) is 9.93 Å². The molecule has 23 nitrogen and oxygen atoms in total. The number of carboxylic acids is 1. The summed E-state index contributed by atoms with van der Waals surface area (Å²) in [7, 11) is -5.15. The number of urea groups is 1. The first-order chi connectivity index (χ1) is 24.4. The van der Waals surface area contributed by atoms with Crippen LogP contribution in [-0.4, -0.2) is 119 Å². The Morgan fingerprint density at radius 3 is 2.54 bits per heavy atom. The van der Waals surface area contributed by atoms with Gasteiger partial charge in [-0.25, -0.2) is 24.1 Å². The number of nitrogens with two attached hydrogens (primary N) is 1. The van der Waals surface area contributed by atoms with Gasteiger partial charge in [-0.2, -0.15) is 8.42 Å². The van der Waals surface area contributed by atoms with Crippen LogP contribution >= 0.6 is 11.3 Å². The number of anilines is 1. The zero-order valence-corrected chi connectivity index (χ0v) is 28.9. The molecule has 5 heterocycles. The number of aromatic hydroxyl groups is 1. The summed E-state index contributed by atoms with van der Waals surface area (Å²) in [5.41, 5.74) is 0.809. The first-order valence-corrected chi connectivity index (χ1v) is 17.5. The Kier molecular flexibility index (Phi) is 10.2. The zero-order chi connectivity index (χ0) is 38.1. The number of nitrogens with zero attached hydrogens (tertiary/aromatic N) is 7. The van der Waals surface area contributed by atoms with E-state index in [1.165, 1.54) is 5.38 Å². The fourth-order valence-corrected chi connectivity index (χ4v) is 6.29. The van der Waals surface area contributed by atoms with E-state index in [1.807, 2.05) is 0 Å². The molecule has 2 saturated heterocycles. The third-order valence-corrected chi connectivity index (χ3v) is 9.53. The lowest BCUT2D eigenvalue weighted by Gasteiger charge is -2.36. The molecule has 5 rings (SSSR count). The molecule has 0 saturated carbocycles. The zero-order valence-electron chi connectivity index (χ0n) is 27.3. The number of hydrogen-bond acceptors (Lipinski definition) is 16. The SMILES string of the molecule is CC(C)(O/N=C(\C(=O)N[C@H]1CN(C(=O)NS(=O)(=O)n2nc(-c3cc(=O)c(O)c[nH]3)n(CCCN3CCCC3=O)c2=O)C1=O)c1csc(N)n1)C(=O)O. The van der Waals surface area contributed by atoms with E-state index in [2.05, 4.69) is 25.5 Å². The van der Waals surface area contributed by atoms with Crippen molar-refractivity contribution < 1.29 is 47.4 Å². The Hall–Kier alpha value is -6.11. The molecule has 5 amide bonds. The van der Waals surface area contributed by atoms with Gasteiger partial charge in [0.2, 0.25) is 16.9 Å².